The van der Waals surface area contributed by atoms with Crippen LogP contribution < -0.4 is 9.47 Å². The summed E-state index contributed by atoms with van der Waals surface area (Å²) in [4.78, 5) is 0. The minimum absolute atomic E-state index is 0.323. The number of rotatable bonds is 5. The predicted octanol–water partition coefficient (Wildman–Crippen LogP) is 3.20. The van der Waals surface area contributed by atoms with Gasteiger partial charge in [0.1, 0.15) is 23.7 Å². The number of aliphatic hydroxyl groups is 1. The van der Waals surface area contributed by atoms with Gasteiger partial charge in [-0.1, -0.05) is 30.3 Å². The van der Waals surface area contributed by atoms with Gasteiger partial charge in [-0.05, 0) is 36.8 Å². The second-order valence-electron chi connectivity index (χ2n) is 4.35. The standard InChI is InChI=1S/C16H18O3/c1-12(16(17)13-6-4-3-5-7-13)19-15-10-8-14(18-2)9-11-15/h3-12,16-17H,1-2H3. The monoisotopic (exact) mass is 258 g/mol. The third kappa shape index (κ3) is 3.48. The van der Waals surface area contributed by atoms with E-state index in [4.69, 9.17) is 9.47 Å². The Labute approximate surface area is 113 Å². The molecule has 0 fully saturated rings. The van der Waals surface area contributed by atoms with E-state index in [1.54, 1.807) is 7.11 Å². The van der Waals surface area contributed by atoms with Crippen LogP contribution in [0.15, 0.2) is 54.6 Å². The van der Waals surface area contributed by atoms with Gasteiger partial charge in [-0.25, -0.2) is 0 Å². The van der Waals surface area contributed by atoms with Gasteiger partial charge in [0.05, 0.1) is 7.11 Å². The van der Waals surface area contributed by atoms with Crippen molar-refractivity contribution in [3.05, 3.63) is 60.2 Å². The first-order valence-corrected chi connectivity index (χ1v) is 6.24. The minimum atomic E-state index is -0.650. The van der Waals surface area contributed by atoms with Gasteiger partial charge < -0.3 is 14.6 Å². The molecule has 19 heavy (non-hydrogen) atoms. The molecule has 2 atom stereocenters. The van der Waals surface area contributed by atoms with Crippen LogP contribution in [0, 0.1) is 0 Å². The minimum Gasteiger partial charge on any atom is -0.497 e. The van der Waals surface area contributed by atoms with Crippen LogP contribution in [0.4, 0.5) is 0 Å². The highest BCUT2D eigenvalue weighted by atomic mass is 16.5. The molecular formula is C16H18O3. The maximum Gasteiger partial charge on any atom is 0.126 e. The van der Waals surface area contributed by atoms with E-state index in [-0.39, 0.29) is 6.10 Å². The van der Waals surface area contributed by atoms with E-state index >= 15 is 0 Å². The van der Waals surface area contributed by atoms with Crippen LogP contribution in [0.5, 0.6) is 11.5 Å². The summed E-state index contributed by atoms with van der Waals surface area (Å²) in [6.07, 6.45) is -0.973. The molecule has 0 aliphatic heterocycles. The molecule has 0 saturated heterocycles. The van der Waals surface area contributed by atoms with Crippen molar-refractivity contribution in [2.45, 2.75) is 19.1 Å². The number of benzene rings is 2. The Balaban J connectivity index is 2.01. The van der Waals surface area contributed by atoms with Crippen LogP contribution in [0.2, 0.25) is 0 Å². The highest BCUT2D eigenvalue weighted by Crippen LogP contribution is 2.23. The molecule has 0 spiro atoms. The number of ether oxygens (including phenoxy) is 2. The Morgan fingerprint density at radius 1 is 0.895 bits per heavy atom. The van der Waals surface area contributed by atoms with Gasteiger partial charge in [-0.3, -0.25) is 0 Å². The van der Waals surface area contributed by atoms with Crippen molar-refractivity contribution in [1.29, 1.82) is 0 Å². The fourth-order valence-corrected chi connectivity index (χ4v) is 1.85. The number of methoxy groups -OCH3 is 1. The molecule has 0 saturated carbocycles. The zero-order valence-electron chi connectivity index (χ0n) is 11.1. The van der Waals surface area contributed by atoms with Crippen molar-refractivity contribution in [3.63, 3.8) is 0 Å². The highest BCUT2D eigenvalue weighted by Gasteiger charge is 2.17. The first-order chi connectivity index (χ1) is 9.20. The molecule has 2 unspecified atom stereocenters. The summed E-state index contributed by atoms with van der Waals surface area (Å²) in [6.45, 7) is 1.85. The summed E-state index contributed by atoms with van der Waals surface area (Å²) in [5.41, 5.74) is 0.850. The quantitative estimate of drug-likeness (QED) is 0.895. The lowest BCUT2D eigenvalue weighted by molar-refractivity contribution is 0.0467. The lowest BCUT2D eigenvalue weighted by Crippen LogP contribution is -2.21. The Hall–Kier alpha value is -2.00. The zero-order valence-corrected chi connectivity index (χ0v) is 11.1. The van der Waals surface area contributed by atoms with Gasteiger partial charge in [0, 0.05) is 0 Å². The summed E-state index contributed by atoms with van der Waals surface area (Å²) in [5.74, 6) is 1.49. The molecule has 2 aromatic rings. The summed E-state index contributed by atoms with van der Waals surface area (Å²) in [5, 5.41) is 10.2. The fourth-order valence-electron chi connectivity index (χ4n) is 1.85. The number of hydrogen-bond donors (Lipinski definition) is 1. The average Bonchev–Trinajstić information content (AvgIpc) is 2.48. The van der Waals surface area contributed by atoms with E-state index in [1.165, 1.54) is 0 Å². The molecule has 0 aliphatic carbocycles. The Kier molecular flexibility index (Phi) is 4.42. The fraction of sp³-hybridized carbons (Fsp3) is 0.250. The van der Waals surface area contributed by atoms with Gasteiger partial charge in [-0.15, -0.1) is 0 Å². The maximum atomic E-state index is 10.2. The third-order valence-electron chi connectivity index (χ3n) is 2.97. The second-order valence-corrected chi connectivity index (χ2v) is 4.35. The first-order valence-electron chi connectivity index (χ1n) is 6.24. The second kappa shape index (κ2) is 6.25. The van der Waals surface area contributed by atoms with Crippen molar-refractivity contribution in [1.82, 2.24) is 0 Å². The topological polar surface area (TPSA) is 38.7 Å². The van der Waals surface area contributed by atoms with Gasteiger partial charge in [0.25, 0.3) is 0 Å². The lowest BCUT2D eigenvalue weighted by Gasteiger charge is -2.21. The van der Waals surface area contributed by atoms with Crippen LogP contribution in [0.1, 0.15) is 18.6 Å². The Morgan fingerprint density at radius 3 is 2.05 bits per heavy atom. The molecule has 1 N–H and O–H groups in total. The van der Waals surface area contributed by atoms with Crippen molar-refractivity contribution < 1.29 is 14.6 Å². The molecule has 0 heterocycles. The predicted molar refractivity (Wildman–Crippen MR) is 74.5 cm³/mol. The smallest absolute Gasteiger partial charge is 0.126 e. The maximum absolute atomic E-state index is 10.2. The van der Waals surface area contributed by atoms with Crippen molar-refractivity contribution in [2.75, 3.05) is 7.11 Å². The third-order valence-corrected chi connectivity index (χ3v) is 2.97. The van der Waals surface area contributed by atoms with Crippen LogP contribution in [-0.4, -0.2) is 18.3 Å². The summed E-state index contributed by atoms with van der Waals surface area (Å²) < 4.78 is 10.8. The van der Waals surface area contributed by atoms with Gasteiger partial charge in [0.2, 0.25) is 0 Å². The van der Waals surface area contributed by atoms with Gasteiger partial charge in [0.15, 0.2) is 0 Å². The van der Waals surface area contributed by atoms with Crippen molar-refractivity contribution in [3.8, 4) is 11.5 Å². The lowest BCUT2D eigenvalue weighted by atomic mass is 10.1. The molecule has 2 aromatic carbocycles. The SMILES string of the molecule is COc1ccc(OC(C)C(O)c2ccccc2)cc1. The number of aliphatic hydroxyl groups excluding tert-OH is 1. The Morgan fingerprint density at radius 2 is 1.47 bits per heavy atom. The molecule has 0 aliphatic rings. The summed E-state index contributed by atoms with van der Waals surface area (Å²) in [6, 6.07) is 16.8. The summed E-state index contributed by atoms with van der Waals surface area (Å²) >= 11 is 0. The molecule has 0 aromatic heterocycles. The highest BCUT2D eigenvalue weighted by molar-refractivity contribution is 5.31. The molecule has 0 amide bonds. The molecule has 3 nitrogen and oxygen atoms in total. The largest absolute Gasteiger partial charge is 0.497 e. The van der Waals surface area contributed by atoms with E-state index in [0.29, 0.717) is 5.75 Å². The zero-order chi connectivity index (χ0) is 13.7. The van der Waals surface area contributed by atoms with Crippen molar-refractivity contribution in [2.24, 2.45) is 0 Å². The van der Waals surface area contributed by atoms with Gasteiger partial charge in [-0.2, -0.15) is 0 Å². The van der Waals surface area contributed by atoms with Crippen LogP contribution in [0.25, 0.3) is 0 Å². The summed E-state index contributed by atoms with van der Waals surface area (Å²) in [7, 11) is 1.62. The average molecular weight is 258 g/mol. The van der Waals surface area contributed by atoms with E-state index in [0.717, 1.165) is 11.3 Å². The van der Waals surface area contributed by atoms with E-state index in [2.05, 4.69) is 0 Å². The number of hydrogen-bond acceptors (Lipinski definition) is 3. The first kappa shape index (κ1) is 13.4. The van der Waals surface area contributed by atoms with Gasteiger partial charge >= 0.3 is 0 Å². The van der Waals surface area contributed by atoms with Crippen LogP contribution in [0.3, 0.4) is 0 Å². The molecule has 2 rings (SSSR count). The van der Waals surface area contributed by atoms with E-state index < -0.39 is 6.10 Å². The molecule has 3 heteroatoms. The van der Waals surface area contributed by atoms with E-state index in [9.17, 15) is 5.11 Å². The Bertz CT molecular complexity index is 493. The molecule has 0 radical (unpaired) electrons. The van der Waals surface area contributed by atoms with Crippen LogP contribution in [-0.2, 0) is 0 Å². The van der Waals surface area contributed by atoms with E-state index in [1.807, 2.05) is 61.5 Å². The van der Waals surface area contributed by atoms with Crippen molar-refractivity contribution >= 4 is 0 Å². The molecule has 0 bridgehead atoms. The normalized spacial score (nSPS) is 13.6. The van der Waals surface area contributed by atoms with Crippen LogP contribution >= 0.6 is 0 Å². The molecule has 100 valence electrons. The molecular weight excluding hydrogens is 240 g/mol.